The maximum Gasteiger partial charge on any atom is 0.311 e. The summed E-state index contributed by atoms with van der Waals surface area (Å²) in [6.45, 7) is 5.20. The van der Waals surface area contributed by atoms with Crippen molar-refractivity contribution in [3.8, 4) is 17.5 Å². The molecule has 3 aromatic rings. The van der Waals surface area contributed by atoms with Gasteiger partial charge in [0, 0.05) is 24.8 Å². The molecule has 8 nitrogen and oxygen atoms in total. The van der Waals surface area contributed by atoms with Gasteiger partial charge in [-0.15, -0.1) is 0 Å². The molecule has 8 heteroatoms. The van der Waals surface area contributed by atoms with Crippen LogP contribution in [-0.4, -0.2) is 51.8 Å². The molecule has 1 aromatic carbocycles. The van der Waals surface area contributed by atoms with E-state index in [4.69, 9.17) is 10.00 Å². The summed E-state index contributed by atoms with van der Waals surface area (Å²) in [7, 11) is 0. The molecule has 2 N–H and O–H groups in total. The van der Waals surface area contributed by atoms with Gasteiger partial charge in [0.05, 0.1) is 40.8 Å². The Kier molecular flexibility index (Phi) is 5.61. The van der Waals surface area contributed by atoms with Crippen molar-refractivity contribution < 1.29 is 14.6 Å². The lowest BCUT2D eigenvalue weighted by atomic mass is 9.95. The van der Waals surface area contributed by atoms with Crippen molar-refractivity contribution in [1.29, 1.82) is 5.26 Å². The van der Waals surface area contributed by atoms with Gasteiger partial charge in [-0.1, -0.05) is 0 Å². The van der Waals surface area contributed by atoms with Crippen LogP contribution in [0.15, 0.2) is 36.5 Å². The number of carboxylic acids is 1. The van der Waals surface area contributed by atoms with Crippen molar-refractivity contribution in [3.05, 3.63) is 42.1 Å². The van der Waals surface area contributed by atoms with Crippen LogP contribution in [0.2, 0.25) is 0 Å². The van der Waals surface area contributed by atoms with Gasteiger partial charge in [0.2, 0.25) is 0 Å². The number of rotatable bonds is 6. The number of pyridine rings is 1. The zero-order valence-corrected chi connectivity index (χ0v) is 17.6. The monoisotopic (exact) mass is 419 g/mol. The lowest BCUT2D eigenvalue weighted by molar-refractivity contribution is -0.152. The van der Waals surface area contributed by atoms with E-state index in [9.17, 15) is 9.90 Å². The normalized spacial score (nSPS) is 15.2. The SMILES string of the molecule is CC(C)(COC1CCN(c2ccc(-c3nc4ccc(C#N)cc4[nH]3)cn2)CC1)C(=O)O. The van der Waals surface area contributed by atoms with Crippen molar-refractivity contribution in [2.24, 2.45) is 5.41 Å². The number of aromatic nitrogens is 3. The zero-order valence-electron chi connectivity index (χ0n) is 17.6. The molecule has 0 spiro atoms. The molecule has 3 heterocycles. The molecule has 1 saturated heterocycles. The first-order valence-electron chi connectivity index (χ1n) is 10.3. The molecule has 1 aliphatic heterocycles. The largest absolute Gasteiger partial charge is 0.481 e. The number of H-pyrrole nitrogens is 1. The van der Waals surface area contributed by atoms with Gasteiger partial charge >= 0.3 is 5.97 Å². The van der Waals surface area contributed by atoms with Crippen LogP contribution in [0.25, 0.3) is 22.4 Å². The zero-order chi connectivity index (χ0) is 22.0. The van der Waals surface area contributed by atoms with Gasteiger partial charge in [-0.05, 0) is 57.0 Å². The fraction of sp³-hybridized carbons (Fsp3) is 0.391. The van der Waals surface area contributed by atoms with Crippen LogP contribution in [0, 0.1) is 16.7 Å². The fourth-order valence-electron chi connectivity index (χ4n) is 3.57. The van der Waals surface area contributed by atoms with Crippen LogP contribution in [0.5, 0.6) is 0 Å². The number of hydrogen-bond donors (Lipinski definition) is 2. The van der Waals surface area contributed by atoms with Crippen molar-refractivity contribution >= 4 is 22.8 Å². The Morgan fingerprint density at radius 3 is 2.74 bits per heavy atom. The third kappa shape index (κ3) is 4.52. The highest BCUT2D eigenvalue weighted by molar-refractivity contribution is 5.80. The fourth-order valence-corrected chi connectivity index (χ4v) is 3.57. The number of benzene rings is 1. The third-order valence-corrected chi connectivity index (χ3v) is 5.66. The van der Waals surface area contributed by atoms with Gasteiger partial charge in [0.25, 0.3) is 0 Å². The van der Waals surface area contributed by atoms with Crippen LogP contribution >= 0.6 is 0 Å². The molecule has 0 atom stereocenters. The third-order valence-electron chi connectivity index (χ3n) is 5.66. The second-order valence-corrected chi connectivity index (χ2v) is 8.52. The first-order chi connectivity index (χ1) is 14.9. The minimum atomic E-state index is -0.874. The van der Waals surface area contributed by atoms with Crippen molar-refractivity contribution in [3.63, 3.8) is 0 Å². The molecule has 0 aliphatic carbocycles. The second kappa shape index (κ2) is 8.36. The second-order valence-electron chi connectivity index (χ2n) is 8.52. The minimum absolute atomic E-state index is 0.0722. The number of imidazole rings is 1. The Morgan fingerprint density at radius 1 is 1.32 bits per heavy atom. The van der Waals surface area contributed by atoms with Crippen LogP contribution in [-0.2, 0) is 9.53 Å². The van der Waals surface area contributed by atoms with E-state index in [-0.39, 0.29) is 12.7 Å². The summed E-state index contributed by atoms with van der Waals surface area (Å²) in [5.41, 5.74) is 2.24. The van der Waals surface area contributed by atoms with Gasteiger partial charge in [0.1, 0.15) is 11.6 Å². The highest BCUT2D eigenvalue weighted by atomic mass is 16.5. The van der Waals surface area contributed by atoms with Crippen LogP contribution in [0.4, 0.5) is 5.82 Å². The number of fused-ring (bicyclic) bond motifs is 1. The van der Waals surface area contributed by atoms with E-state index >= 15 is 0 Å². The standard InChI is InChI=1S/C23H25N5O3/c1-23(2,22(29)30)14-31-17-7-9-28(10-8-17)20-6-4-16(13-25-20)21-26-18-5-3-15(12-24)11-19(18)27-21/h3-6,11,13,17H,7-10,14H2,1-2H3,(H,26,27)(H,29,30). The molecule has 0 saturated carbocycles. The number of ether oxygens (including phenoxy) is 1. The molecular formula is C23H25N5O3. The number of carbonyl (C=O) groups is 1. The number of nitrogens with one attached hydrogen (secondary N) is 1. The van der Waals surface area contributed by atoms with Gasteiger partial charge in [-0.2, -0.15) is 5.26 Å². The lowest BCUT2D eigenvalue weighted by Crippen LogP contribution is -2.39. The van der Waals surface area contributed by atoms with E-state index in [1.807, 2.05) is 18.2 Å². The summed E-state index contributed by atoms with van der Waals surface area (Å²) in [5.74, 6) is 0.775. The average molecular weight is 419 g/mol. The number of nitriles is 1. The van der Waals surface area contributed by atoms with Gasteiger partial charge in [-0.3, -0.25) is 4.79 Å². The van der Waals surface area contributed by atoms with E-state index in [1.165, 1.54) is 0 Å². The molecule has 0 bridgehead atoms. The number of hydrogen-bond acceptors (Lipinski definition) is 6. The summed E-state index contributed by atoms with van der Waals surface area (Å²) in [4.78, 5) is 25.9. The highest BCUT2D eigenvalue weighted by Crippen LogP contribution is 2.25. The number of anilines is 1. The quantitative estimate of drug-likeness (QED) is 0.627. The molecule has 1 fully saturated rings. The lowest BCUT2D eigenvalue weighted by Gasteiger charge is -2.34. The molecule has 0 radical (unpaired) electrons. The Bertz CT molecular complexity index is 1120. The maximum absolute atomic E-state index is 11.2. The molecule has 4 rings (SSSR count). The molecular weight excluding hydrogens is 394 g/mol. The summed E-state index contributed by atoms with van der Waals surface area (Å²) in [5, 5.41) is 18.3. The van der Waals surface area contributed by atoms with Gasteiger partial charge in [-0.25, -0.2) is 9.97 Å². The molecule has 2 aromatic heterocycles. The average Bonchev–Trinajstić information content (AvgIpc) is 3.21. The van der Waals surface area contributed by atoms with E-state index in [0.717, 1.165) is 54.2 Å². The van der Waals surface area contributed by atoms with Gasteiger partial charge < -0.3 is 19.7 Å². The minimum Gasteiger partial charge on any atom is -0.481 e. The van der Waals surface area contributed by atoms with Crippen molar-refractivity contribution in [1.82, 2.24) is 15.0 Å². The van der Waals surface area contributed by atoms with Crippen LogP contribution in [0.1, 0.15) is 32.3 Å². The predicted molar refractivity (Wildman–Crippen MR) is 117 cm³/mol. The Balaban J connectivity index is 1.37. The summed E-state index contributed by atoms with van der Waals surface area (Å²) >= 11 is 0. The number of nitrogens with zero attached hydrogens (tertiary/aromatic N) is 4. The smallest absolute Gasteiger partial charge is 0.311 e. The summed E-state index contributed by atoms with van der Waals surface area (Å²) in [6, 6.07) is 11.5. The van der Waals surface area contributed by atoms with Crippen molar-refractivity contribution in [2.75, 3.05) is 24.6 Å². The Morgan fingerprint density at radius 2 is 2.10 bits per heavy atom. The maximum atomic E-state index is 11.2. The molecule has 1 aliphatic rings. The molecule has 31 heavy (non-hydrogen) atoms. The van der Waals surface area contributed by atoms with Crippen LogP contribution < -0.4 is 4.90 Å². The number of aliphatic carboxylic acids is 1. The topological polar surface area (TPSA) is 115 Å². The molecule has 160 valence electrons. The van der Waals surface area contributed by atoms with E-state index in [0.29, 0.717) is 5.56 Å². The number of carboxylic acid groups (broad SMARTS) is 1. The Labute approximate surface area is 180 Å². The first-order valence-corrected chi connectivity index (χ1v) is 10.3. The van der Waals surface area contributed by atoms with E-state index < -0.39 is 11.4 Å². The van der Waals surface area contributed by atoms with Crippen LogP contribution in [0.3, 0.4) is 0 Å². The predicted octanol–water partition coefficient (Wildman–Crippen LogP) is 3.59. The summed E-state index contributed by atoms with van der Waals surface area (Å²) < 4.78 is 5.86. The van der Waals surface area contributed by atoms with Gasteiger partial charge in [0.15, 0.2) is 0 Å². The Hall–Kier alpha value is -3.44. The first kappa shape index (κ1) is 20.8. The van der Waals surface area contributed by atoms with E-state index in [2.05, 4.69) is 25.9 Å². The molecule has 0 unspecified atom stereocenters. The number of piperidine rings is 1. The highest BCUT2D eigenvalue weighted by Gasteiger charge is 2.30. The van der Waals surface area contributed by atoms with E-state index in [1.54, 1.807) is 32.2 Å². The summed E-state index contributed by atoms with van der Waals surface area (Å²) in [6.07, 6.45) is 3.55. The molecule has 0 amide bonds. The number of aromatic amines is 1. The van der Waals surface area contributed by atoms with Crippen molar-refractivity contribution in [2.45, 2.75) is 32.8 Å².